The number of fused-ring (bicyclic) bond motifs is 2. The van der Waals surface area contributed by atoms with Gasteiger partial charge in [0.25, 0.3) is 0 Å². The molecule has 2 saturated heterocycles. The highest BCUT2D eigenvalue weighted by Gasteiger charge is 2.52. The SMILES string of the molecule is C=CCOC(=O)[C@@H]1C[C@@H]2CN1C(=O)N2OCc1ccccc1. The van der Waals surface area contributed by atoms with Gasteiger partial charge in [-0.2, -0.15) is 5.06 Å². The third kappa shape index (κ3) is 2.69. The predicted molar refractivity (Wildman–Crippen MR) is 78.5 cm³/mol. The van der Waals surface area contributed by atoms with Crippen LogP contribution in [0, 0.1) is 0 Å². The molecule has 1 aromatic rings. The van der Waals surface area contributed by atoms with Gasteiger partial charge in [-0.05, 0) is 5.56 Å². The molecule has 2 bridgehead atoms. The van der Waals surface area contributed by atoms with E-state index in [4.69, 9.17) is 9.57 Å². The molecule has 0 aliphatic carbocycles. The van der Waals surface area contributed by atoms with E-state index in [2.05, 4.69) is 6.58 Å². The second-order valence-electron chi connectivity index (χ2n) is 5.34. The maximum absolute atomic E-state index is 12.3. The van der Waals surface area contributed by atoms with Crippen LogP contribution in [0.3, 0.4) is 0 Å². The fourth-order valence-electron chi connectivity index (χ4n) is 2.82. The zero-order valence-corrected chi connectivity index (χ0v) is 12.2. The van der Waals surface area contributed by atoms with Gasteiger partial charge >= 0.3 is 12.0 Å². The van der Waals surface area contributed by atoms with E-state index in [9.17, 15) is 9.59 Å². The average Bonchev–Trinajstić information content (AvgIpc) is 3.10. The number of hydroxylamine groups is 2. The maximum Gasteiger partial charge on any atom is 0.345 e. The van der Waals surface area contributed by atoms with Crippen LogP contribution in [0.2, 0.25) is 0 Å². The van der Waals surface area contributed by atoms with Crippen molar-refractivity contribution < 1.29 is 19.2 Å². The van der Waals surface area contributed by atoms with E-state index < -0.39 is 6.04 Å². The fourth-order valence-corrected chi connectivity index (χ4v) is 2.82. The first-order chi connectivity index (χ1) is 10.7. The van der Waals surface area contributed by atoms with Crippen molar-refractivity contribution >= 4 is 12.0 Å². The van der Waals surface area contributed by atoms with Gasteiger partial charge in [-0.1, -0.05) is 43.0 Å². The second kappa shape index (κ2) is 6.19. The number of hydrogen-bond donors (Lipinski definition) is 0. The number of nitrogens with zero attached hydrogens (tertiary/aromatic N) is 2. The van der Waals surface area contributed by atoms with Crippen LogP contribution in [-0.2, 0) is 21.0 Å². The molecule has 0 N–H and O–H groups in total. The maximum atomic E-state index is 12.3. The summed E-state index contributed by atoms with van der Waals surface area (Å²) in [7, 11) is 0. The zero-order chi connectivity index (χ0) is 15.5. The zero-order valence-electron chi connectivity index (χ0n) is 12.2. The number of benzene rings is 1. The van der Waals surface area contributed by atoms with E-state index in [0.29, 0.717) is 19.6 Å². The monoisotopic (exact) mass is 302 g/mol. The van der Waals surface area contributed by atoms with Crippen molar-refractivity contribution in [1.29, 1.82) is 0 Å². The first-order valence-electron chi connectivity index (χ1n) is 7.25. The minimum atomic E-state index is -0.506. The van der Waals surface area contributed by atoms with Crippen LogP contribution in [0.5, 0.6) is 0 Å². The van der Waals surface area contributed by atoms with E-state index in [0.717, 1.165) is 5.56 Å². The number of hydrogen-bond acceptors (Lipinski definition) is 4. The molecule has 6 nitrogen and oxygen atoms in total. The topological polar surface area (TPSA) is 59.1 Å². The lowest BCUT2D eigenvalue weighted by Crippen LogP contribution is -2.48. The molecule has 0 unspecified atom stereocenters. The van der Waals surface area contributed by atoms with Crippen LogP contribution < -0.4 is 0 Å². The summed E-state index contributed by atoms with van der Waals surface area (Å²) in [6.45, 7) is 4.50. The lowest BCUT2D eigenvalue weighted by Gasteiger charge is -2.30. The highest BCUT2D eigenvalue weighted by Crippen LogP contribution is 2.32. The van der Waals surface area contributed by atoms with Crippen molar-refractivity contribution in [3.05, 3.63) is 48.6 Å². The first kappa shape index (κ1) is 14.6. The Kier molecular flexibility index (Phi) is 4.11. The molecule has 22 heavy (non-hydrogen) atoms. The summed E-state index contributed by atoms with van der Waals surface area (Å²) in [5, 5.41) is 1.38. The fraction of sp³-hybridized carbons (Fsp3) is 0.375. The Hall–Kier alpha value is -2.34. The molecule has 2 atom stereocenters. The van der Waals surface area contributed by atoms with Crippen LogP contribution in [0.1, 0.15) is 12.0 Å². The lowest BCUT2D eigenvalue weighted by atomic mass is 10.1. The average molecular weight is 302 g/mol. The van der Waals surface area contributed by atoms with E-state index in [1.807, 2.05) is 30.3 Å². The van der Waals surface area contributed by atoms with Gasteiger partial charge in [-0.3, -0.25) is 4.84 Å². The third-order valence-electron chi connectivity index (χ3n) is 3.87. The molecule has 0 aromatic heterocycles. The summed E-state index contributed by atoms with van der Waals surface area (Å²) >= 11 is 0. The van der Waals surface area contributed by atoms with E-state index in [-0.39, 0.29) is 24.6 Å². The minimum Gasteiger partial charge on any atom is -0.460 e. The van der Waals surface area contributed by atoms with Gasteiger partial charge in [-0.15, -0.1) is 0 Å². The van der Waals surface area contributed by atoms with Crippen molar-refractivity contribution in [1.82, 2.24) is 9.96 Å². The van der Waals surface area contributed by atoms with Gasteiger partial charge in [0.2, 0.25) is 0 Å². The van der Waals surface area contributed by atoms with Crippen molar-refractivity contribution in [3.8, 4) is 0 Å². The Labute approximate surface area is 128 Å². The summed E-state index contributed by atoms with van der Waals surface area (Å²) < 4.78 is 5.03. The lowest BCUT2D eigenvalue weighted by molar-refractivity contribution is -0.159. The molecule has 2 heterocycles. The van der Waals surface area contributed by atoms with Gasteiger partial charge in [0.15, 0.2) is 0 Å². The number of rotatable bonds is 6. The van der Waals surface area contributed by atoms with Crippen LogP contribution in [0.4, 0.5) is 4.79 Å². The van der Waals surface area contributed by atoms with Crippen LogP contribution in [0.15, 0.2) is 43.0 Å². The Morgan fingerprint density at radius 3 is 2.82 bits per heavy atom. The summed E-state index contributed by atoms with van der Waals surface area (Å²) in [5.41, 5.74) is 0.995. The Bertz CT molecular complexity index is 575. The summed E-state index contributed by atoms with van der Waals surface area (Å²) in [6, 6.07) is 8.78. The second-order valence-corrected chi connectivity index (χ2v) is 5.34. The van der Waals surface area contributed by atoms with Crippen molar-refractivity contribution in [3.63, 3.8) is 0 Å². The van der Waals surface area contributed by atoms with E-state index in [1.165, 1.54) is 16.0 Å². The molecule has 1 aromatic carbocycles. The van der Waals surface area contributed by atoms with Crippen molar-refractivity contribution in [2.45, 2.75) is 25.1 Å². The number of urea groups is 1. The molecule has 2 amide bonds. The quantitative estimate of drug-likeness (QED) is 0.593. The van der Waals surface area contributed by atoms with Crippen molar-refractivity contribution in [2.75, 3.05) is 13.2 Å². The molecular formula is C16H18N2O4. The first-order valence-corrected chi connectivity index (χ1v) is 7.25. The van der Waals surface area contributed by atoms with E-state index >= 15 is 0 Å². The van der Waals surface area contributed by atoms with Gasteiger partial charge in [0, 0.05) is 13.0 Å². The smallest absolute Gasteiger partial charge is 0.345 e. The Morgan fingerprint density at radius 2 is 2.14 bits per heavy atom. The standard InChI is InChI=1S/C16H18N2O4/c1-2-8-21-15(19)14-9-13-10-17(14)16(20)18(13)22-11-12-6-4-3-5-7-12/h2-7,13-14H,1,8-11H2/t13-,14+/m1/s1. The number of amides is 2. The molecule has 116 valence electrons. The van der Waals surface area contributed by atoms with Gasteiger partial charge in [0.05, 0.1) is 6.04 Å². The third-order valence-corrected chi connectivity index (χ3v) is 3.87. The molecule has 0 radical (unpaired) electrons. The molecule has 2 aliphatic rings. The molecule has 6 heteroatoms. The van der Waals surface area contributed by atoms with Gasteiger partial charge in [0.1, 0.15) is 19.3 Å². The summed E-state index contributed by atoms with van der Waals surface area (Å²) in [6.07, 6.45) is 2.05. The number of carbonyl (C=O) groups excluding carboxylic acids is 2. The highest BCUT2D eigenvalue weighted by atomic mass is 16.7. The summed E-state index contributed by atoms with van der Waals surface area (Å²) in [5.74, 6) is -0.376. The number of ether oxygens (including phenoxy) is 1. The number of carbonyl (C=O) groups is 2. The molecule has 3 rings (SSSR count). The molecule has 2 fully saturated rings. The molecule has 2 aliphatic heterocycles. The molecular weight excluding hydrogens is 284 g/mol. The predicted octanol–water partition coefficient (Wildman–Crippen LogP) is 1.73. The highest BCUT2D eigenvalue weighted by molar-refractivity contribution is 5.86. The number of esters is 1. The largest absolute Gasteiger partial charge is 0.460 e. The van der Waals surface area contributed by atoms with Crippen molar-refractivity contribution in [2.24, 2.45) is 0 Å². The van der Waals surface area contributed by atoms with E-state index in [1.54, 1.807) is 0 Å². The Balaban J connectivity index is 1.57. The molecule has 0 spiro atoms. The molecule has 0 saturated carbocycles. The Morgan fingerprint density at radius 1 is 1.36 bits per heavy atom. The van der Waals surface area contributed by atoms with Gasteiger partial charge < -0.3 is 9.64 Å². The van der Waals surface area contributed by atoms with Gasteiger partial charge in [-0.25, -0.2) is 9.59 Å². The minimum absolute atomic E-state index is 0.0995. The van der Waals surface area contributed by atoms with Crippen LogP contribution in [0.25, 0.3) is 0 Å². The summed E-state index contributed by atoms with van der Waals surface area (Å²) in [4.78, 5) is 31.3. The van der Waals surface area contributed by atoms with Crippen LogP contribution >= 0.6 is 0 Å². The van der Waals surface area contributed by atoms with Crippen LogP contribution in [-0.4, -0.2) is 47.2 Å². The normalized spacial score (nSPS) is 23.0.